The van der Waals surface area contributed by atoms with Crippen molar-refractivity contribution in [3.63, 3.8) is 0 Å². The van der Waals surface area contributed by atoms with Gasteiger partial charge in [0.2, 0.25) is 0 Å². The van der Waals surface area contributed by atoms with Crippen LogP contribution in [0.2, 0.25) is 0 Å². The van der Waals surface area contributed by atoms with Crippen molar-refractivity contribution in [3.05, 3.63) is 50.7 Å². The molecule has 0 unspecified atom stereocenters. The van der Waals surface area contributed by atoms with E-state index in [2.05, 4.69) is 33.2 Å². The molecule has 0 spiro atoms. The second-order valence-corrected chi connectivity index (χ2v) is 7.00. The quantitative estimate of drug-likeness (QED) is 0.617. The van der Waals surface area contributed by atoms with Crippen molar-refractivity contribution in [2.75, 3.05) is 20.1 Å². The molecular weight excluding hydrogens is 374 g/mol. The van der Waals surface area contributed by atoms with Crippen LogP contribution in [0.15, 0.2) is 39.2 Å². The molecule has 1 aliphatic heterocycles. The Morgan fingerprint density at radius 3 is 2.75 bits per heavy atom. The third kappa shape index (κ3) is 4.03. The van der Waals surface area contributed by atoms with Crippen LogP contribution in [-0.4, -0.2) is 36.0 Å². The molecule has 1 saturated heterocycles. The number of furan rings is 1. The van der Waals surface area contributed by atoms with E-state index in [1.807, 2.05) is 12.1 Å². The fourth-order valence-electron chi connectivity index (χ4n) is 2.89. The maximum absolute atomic E-state index is 10.8. The summed E-state index contributed by atoms with van der Waals surface area (Å²) in [4.78, 5) is 12.7. The molecule has 0 saturated carbocycles. The molecule has 6 nitrogen and oxygen atoms in total. The van der Waals surface area contributed by atoms with E-state index >= 15 is 0 Å². The van der Waals surface area contributed by atoms with E-state index in [4.69, 9.17) is 4.42 Å². The van der Waals surface area contributed by atoms with Gasteiger partial charge in [0, 0.05) is 28.2 Å². The van der Waals surface area contributed by atoms with Gasteiger partial charge < -0.3 is 14.6 Å². The van der Waals surface area contributed by atoms with Gasteiger partial charge in [-0.15, -0.1) is 0 Å². The van der Waals surface area contributed by atoms with Gasteiger partial charge in [0.05, 0.1) is 11.5 Å². The number of hydrogen-bond acceptors (Lipinski definition) is 5. The zero-order valence-corrected chi connectivity index (χ0v) is 15.1. The normalized spacial score (nSPS) is 16.4. The molecule has 0 atom stereocenters. The molecule has 0 aliphatic carbocycles. The molecule has 3 rings (SSSR count). The zero-order chi connectivity index (χ0) is 17.1. The summed E-state index contributed by atoms with van der Waals surface area (Å²) < 4.78 is 6.54. The molecule has 7 heteroatoms. The van der Waals surface area contributed by atoms with Crippen molar-refractivity contribution in [1.82, 2.24) is 10.2 Å². The van der Waals surface area contributed by atoms with Crippen LogP contribution < -0.4 is 5.32 Å². The number of nitrogens with one attached hydrogen (secondary N) is 1. The second-order valence-electron chi connectivity index (χ2n) is 6.15. The third-order valence-electron chi connectivity index (χ3n) is 4.37. The van der Waals surface area contributed by atoms with Crippen molar-refractivity contribution >= 4 is 21.6 Å². The van der Waals surface area contributed by atoms with Crippen molar-refractivity contribution in [2.24, 2.45) is 0 Å². The van der Waals surface area contributed by atoms with E-state index in [9.17, 15) is 10.1 Å². The summed E-state index contributed by atoms with van der Waals surface area (Å²) in [6.45, 7) is 2.94. The molecule has 1 N–H and O–H groups in total. The molecule has 1 aromatic heterocycles. The van der Waals surface area contributed by atoms with Gasteiger partial charge in [-0.05, 0) is 67.1 Å². The minimum atomic E-state index is -0.409. The van der Waals surface area contributed by atoms with Gasteiger partial charge in [0.25, 0.3) is 5.69 Å². The van der Waals surface area contributed by atoms with Gasteiger partial charge in [-0.2, -0.15) is 0 Å². The van der Waals surface area contributed by atoms with Crippen LogP contribution in [0.3, 0.4) is 0 Å². The number of halogens is 1. The number of non-ortho nitro benzene ring substituents is 1. The Morgan fingerprint density at radius 2 is 2.08 bits per heavy atom. The Kier molecular flexibility index (Phi) is 5.33. The lowest BCUT2D eigenvalue weighted by molar-refractivity contribution is -0.384. The van der Waals surface area contributed by atoms with E-state index in [1.54, 1.807) is 6.07 Å². The number of nitro benzene ring substituents is 1. The lowest BCUT2D eigenvalue weighted by Gasteiger charge is -2.29. The van der Waals surface area contributed by atoms with Gasteiger partial charge in [-0.3, -0.25) is 10.1 Å². The fraction of sp³-hybridized carbons (Fsp3) is 0.412. The average molecular weight is 394 g/mol. The standard InChI is InChI=1S/C17H20BrN3O3/c1-20-8-6-12(7-9-20)19-11-14-3-5-17(24-14)15-4-2-13(21(22)23)10-16(15)18/h2-5,10,12,19H,6-9,11H2,1H3. The second kappa shape index (κ2) is 7.46. The van der Waals surface area contributed by atoms with Crippen LogP contribution in [0.1, 0.15) is 18.6 Å². The van der Waals surface area contributed by atoms with Crippen LogP contribution in [0, 0.1) is 10.1 Å². The number of rotatable bonds is 5. The van der Waals surface area contributed by atoms with Gasteiger partial charge in [0.1, 0.15) is 11.5 Å². The van der Waals surface area contributed by atoms with E-state index in [-0.39, 0.29) is 5.69 Å². The summed E-state index contributed by atoms with van der Waals surface area (Å²) in [6.07, 6.45) is 2.30. The Bertz CT molecular complexity index is 724. The molecule has 0 amide bonds. The number of piperidine rings is 1. The number of hydrogen-bond donors (Lipinski definition) is 1. The molecule has 24 heavy (non-hydrogen) atoms. The number of nitrogens with zero attached hydrogens (tertiary/aromatic N) is 2. The lowest BCUT2D eigenvalue weighted by Crippen LogP contribution is -2.40. The highest BCUT2D eigenvalue weighted by molar-refractivity contribution is 9.10. The Labute approximate surface area is 149 Å². The maximum Gasteiger partial charge on any atom is 0.270 e. The first kappa shape index (κ1) is 17.1. The smallest absolute Gasteiger partial charge is 0.270 e. The van der Waals surface area contributed by atoms with Gasteiger partial charge in [-0.1, -0.05) is 0 Å². The van der Waals surface area contributed by atoms with Gasteiger partial charge in [-0.25, -0.2) is 0 Å². The highest BCUT2D eigenvalue weighted by Gasteiger charge is 2.17. The predicted molar refractivity (Wildman–Crippen MR) is 95.9 cm³/mol. The molecule has 1 aliphatic rings. The Balaban J connectivity index is 1.64. The van der Waals surface area contributed by atoms with E-state index in [0.29, 0.717) is 22.8 Å². The lowest BCUT2D eigenvalue weighted by atomic mass is 10.1. The monoisotopic (exact) mass is 393 g/mol. The van der Waals surface area contributed by atoms with Crippen LogP contribution in [-0.2, 0) is 6.54 Å². The minimum absolute atomic E-state index is 0.0568. The largest absolute Gasteiger partial charge is 0.460 e. The minimum Gasteiger partial charge on any atom is -0.460 e. The van der Waals surface area contributed by atoms with Crippen molar-refractivity contribution in [3.8, 4) is 11.3 Å². The SMILES string of the molecule is CN1CCC(NCc2ccc(-c3ccc([N+](=O)[O-])cc3Br)o2)CC1. The van der Waals surface area contributed by atoms with Crippen LogP contribution in [0.25, 0.3) is 11.3 Å². The first-order chi connectivity index (χ1) is 11.5. The highest BCUT2D eigenvalue weighted by Crippen LogP contribution is 2.32. The van der Waals surface area contributed by atoms with Crippen LogP contribution in [0.4, 0.5) is 5.69 Å². The van der Waals surface area contributed by atoms with E-state index < -0.39 is 4.92 Å². The molecule has 2 heterocycles. The van der Waals surface area contributed by atoms with Gasteiger partial charge in [0.15, 0.2) is 0 Å². The predicted octanol–water partition coefficient (Wildman–Crippen LogP) is 3.80. The third-order valence-corrected chi connectivity index (χ3v) is 5.03. The summed E-state index contributed by atoms with van der Waals surface area (Å²) >= 11 is 3.38. The summed E-state index contributed by atoms with van der Waals surface area (Å²) in [5.74, 6) is 1.58. The molecule has 1 aromatic carbocycles. The van der Waals surface area contributed by atoms with Crippen molar-refractivity contribution in [1.29, 1.82) is 0 Å². The summed E-state index contributed by atoms with van der Waals surface area (Å²) in [5.41, 5.74) is 0.868. The molecule has 2 aromatic rings. The molecule has 0 radical (unpaired) electrons. The average Bonchev–Trinajstić information content (AvgIpc) is 3.03. The van der Waals surface area contributed by atoms with E-state index in [1.165, 1.54) is 12.1 Å². The molecule has 128 valence electrons. The molecule has 0 bridgehead atoms. The van der Waals surface area contributed by atoms with Crippen molar-refractivity contribution < 1.29 is 9.34 Å². The Hall–Kier alpha value is -1.70. The number of nitro groups is 1. The van der Waals surface area contributed by atoms with Crippen LogP contribution in [0.5, 0.6) is 0 Å². The first-order valence-electron chi connectivity index (χ1n) is 7.98. The summed E-state index contributed by atoms with van der Waals surface area (Å²) in [7, 11) is 2.15. The van der Waals surface area contributed by atoms with E-state index in [0.717, 1.165) is 37.3 Å². The topological polar surface area (TPSA) is 71.5 Å². The fourth-order valence-corrected chi connectivity index (χ4v) is 3.45. The number of benzene rings is 1. The molecular formula is C17H20BrN3O3. The van der Waals surface area contributed by atoms with Crippen molar-refractivity contribution in [2.45, 2.75) is 25.4 Å². The first-order valence-corrected chi connectivity index (χ1v) is 8.77. The Morgan fingerprint density at radius 1 is 1.33 bits per heavy atom. The van der Waals surface area contributed by atoms with Gasteiger partial charge >= 0.3 is 0 Å². The van der Waals surface area contributed by atoms with Crippen LogP contribution >= 0.6 is 15.9 Å². The summed E-state index contributed by atoms with van der Waals surface area (Å²) in [6, 6.07) is 9.06. The summed E-state index contributed by atoms with van der Waals surface area (Å²) in [5, 5.41) is 14.4. The number of likely N-dealkylation sites (tertiary alicyclic amines) is 1. The maximum atomic E-state index is 10.8. The highest BCUT2D eigenvalue weighted by atomic mass is 79.9. The zero-order valence-electron chi connectivity index (χ0n) is 13.5. The molecule has 1 fully saturated rings.